The highest BCUT2D eigenvalue weighted by Gasteiger charge is 2.20. The molecule has 0 saturated carbocycles. The first-order valence-corrected chi connectivity index (χ1v) is 35.8. The molecule has 0 aliphatic heterocycles. The topological polar surface area (TPSA) is 84.2 Å². The van der Waals surface area contributed by atoms with Gasteiger partial charge in [-0.1, -0.05) is 237 Å². The Morgan fingerprint density at radius 1 is 0.142 bits per heavy atom. The number of para-hydroxylation sites is 8. The predicted molar refractivity (Wildman–Crippen MR) is 437 cm³/mol. The van der Waals surface area contributed by atoms with Crippen molar-refractivity contribution >= 4 is 87.2 Å². The minimum atomic E-state index is 0.613. The zero-order chi connectivity index (χ0) is 70.0. The fourth-order valence-electron chi connectivity index (χ4n) is 15.6. The predicted octanol–water partition coefficient (Wildman–Crippen LogP) is 24.4. The summed E-state index contributed by atoms with van der Waals surface area (Å²) in [7, 11) is 0. The zero-order valence-corrected chi connectivity index (χ0v) is 57.4. The van der Waals surface area contributed by atoms with Crippen molar-refractivity contribution in [3.05, 3.63) is 382 Å². The standard InChI is InChI=1S/C57H36N6.C40H27N3/c1-7-19-49-43(13-1)44-14-2-8-20-50(44)61(49)40-31-25-37(26-32-40)55-58-56(38-27-33-41(34-28-38)62-51-21-9-3-15-45(51)46-16-4-10-22-52(46)62)60-57(59-55)39-29-35-42(36-30-39)63-53-23-11-5-17-47(53)48-18-6-12-24-54(48)63;1-3-12-29(13-4-1)36-27-37(30-14-5-2-6-15-30)42-40(41-36)32-17-11-16-31(26-32)28-22-24-33(25-23-28)43-38-20-9-7-18-34(38)35-19-8-10-21-39(35)43/h1-36H;1-27H. The number of hydrogen-bond acceptors (Lipinski definition) is 5. The average molecular weight is 1350 g/mol. The third-order valence-electron chi connectivity index (χ3n) is 20.6. The second-order valence-electron chi connectivity index (χ2n) is 26.7. The minimum Gasteiger partial charge on any atom is -0.309 e. The van der Waals surface area contributed by atoms with Crippen molar-refractivity contribution in [3.63, 3.8) is 0 Å². The lowest BCUT2D eigenvalue weighted by molar-refractivity contribution is 1.07. The van der Waals surface area contributed by atoms with E-state index in [4.69, 9.17) is 24.9 Å². The number of aromatic nitrogens is 9. The van der Waals surface area contributed by atoms with Crippen LogP contribution in [0, 0.1) is 0 Å². The summed E-state index contributed by atoms with van der Waals surface area (Å²) in [6.45, 7) is 0. The Labute approximate surface area is 610 Å². The summed E-state index contributed by atoms with van der Waals surface area (Å²) in [5.41, 5.74) is 23.8. The number of fused-ring (bicyclic) bond motifs is 12. The lowest BCUT2D eigenvalue weighted by Crippen LogP contribution is -2.01. The molecule has 0 spiro atoms. The molecule has 15 aromatic carbocycles. The van der Waals surface area contributed by atoms with Gasteiger partial charge in [0.2, 0.25) is 0 Å². The van der Waals surface area contributed by atoms with Crippen LogP contribution >= 0.6 is 0 Å². The van der Waals surface area contributed by atoms with E-state index in [9.17, 15) is 0 Å². The van der Waals surface area contributed by atoms with E-state index in [1.807, 2.05) is 36.4 Å². The van der Waals surface area contributed by atoms with Gasteiger partial charge in [0.1, 0.15) is 0 Å². The fraction of sp³-hybridized carbons (Fsp3) is 0. The molecule has 0 aliphatic rings. The molecule has 0 atom stereocenters. The van der Waals surface area contributed by atoms with Crippen LogP contribution in [0.3, 0.4) is 0 Å². The van der Waals surface area contributed by atoms with Gasteiger partial charge in [-0.15, -0.1) is 0 Å². The molecule has 0 N–H and O–H groups in total. The molecule has 21 aromatic rings. The summed E-state index contributed by atoms with van der Waals surface area (Å²) < 4.78 is 9.33. The molecule has 9 heteroatoms. The minimum absolute atomic E-state index is 0.613. The highest BCUT2D eigenvalue weighted by atomic mass is 15.0. The van der Waals surface area contributed by atoms with E-state index in [2.05, 4.69) is 364 Å². The van der Waals surface area contributed by atoms with Gasteiger partial charge in [-0.2, -0.15) is 0 Å². The molecule has 21 rings (SSSR count). The largest absolute Gasteiger partial charge is 0.309 e. The fourth-order valence-corrected chi connectivity index (χ4v) is 15.6. The summed E-state index contributed by atoms with van der Waals surface area (Å²) >= 11 is 0. The lowest BCUT2D eigenvalue weighted by Gasteiger charge is -2.12. The van der Waals surface area contributed by atoms with Crippen molar-refractivity contribution in [1.29, 1.82) is 0 Å². The van der Waals surface area contributed by atoms with E-state index in [1.54, 1.807) is 0 Å². The third kappa shape index (κ3) is 10.8. The van der Waals surface area contributed by atoms with Gasteiger partial charge in [0, 0.05) is 99.2 Å². The van der Waals surface area contributed by atoms with Crippen molar-refractivity contribution in [2.45, 2.75) is 0 Å². The summed E-state index contributed by atoms with van der Waals surface area (Å²) in [6.07, 6.45) is 0. The van der Waals surface area contributed by atoms with E-state index >= 15 is 0 Å². The molecule has 106 heavy (non-hydrogen) atoms. The molecule has 0 radical (unpaired) electrons. The maximum Gasteiger partial charge on any atom is 0.164 e. The Hall–Kier alpha value is -14.4. The van der Waals surface area contributed by atoms with Gasteiger partial charge in [0.05, 0.1) is 55.5 Å². The lowest BCUT2D eigenvalue weighted by atomic mass is 10.0. The Bertz CT molecular complexity index is 6220. The van der Waals surface area contributed by atoms with Gasteiger partial charge >= 0.3 is 0 Å². The van der Waals surface area contributed by atoms with Crippen molar-refractivity contribution in [1.82, 2.24) is 43.2 Å². The summed E-state index contributed by atoms with van der Waals surface area (Å²) in [5, 5.41) is 9.93. The number of nitrogens with zero attached hydrogens (tertiary/aromatic N) is 9. The molecular weight excluding hydrogens is 1290 g/mol. The van der Waals surface area contributed by atoms with Gasteiger partial charge < -0.3 is 18.3 Å². The van der Waals surface area contributed by atoms with E-state index in [0.717, 1.165) is 78.6 Å². The summed E-state index contributed by atoms with van der Waals surface area (Å²) in [6, 6.07) is 135. The number of hydrogen-bond donors (Lipinski definition) is 0. The Morgan fingerprint density at radius 2 is 0.358 bits per heavy atom. The Kier molecular flexibility index (Phi) is 15.0. The van der Waals surface area contributed by atoms with Crippen molar-refractivity contribution in [2.24, 2.45) is 0 Å². The van der Waals surface area contributed by atoms with Crippen LogP contribution in [0.1, 0.15) is 0 Å². The van der Waals surface area contributed by atoms with Gasteiger partial charge in [-0.05, 0) is 157 Å². The van der Waals surface area contributed by atoms with Gasteiger partial charge in [-0.25, -0.2) is 24.9 Å². The first kappa shape index (κ1) is 61.5. The van der Waals surface area contributed by atoms with Crippen molar-refractivity contribution in [2.75, 3.05) is 0 Å². The van der Waals surface area contributed by atoms with Crippen molar-refractivity contribution in [3.8, 4) is 102 Å². The maximum atomic E-state index is 5.17. The first-order valence-electron chi connectivity index (χ1n) is 35.8. The maximum absolute atomic E-state index is 5.17. The van der Waals surface area contributed by atoms with Crippen LogP contribution in [0.5, 0.6) is 0 Å². The quantitative estimate of drug-likeness (QED) is 0.129. The van der Waals surface area contributed by atoms with Crippen LogP contribution in [0.4, 0.5) is 0 Å². The van der Waals surface area contributed by atoms with Gasteiger partial charge in [0.25, 0.3) is 0 Å². The smallest absolute Gasteiger partial charge is 0.164 e. The first-order chi connectivity index (χ1) is 52.6. The zero-order valence-electron chi connectivity index (χ0n) is 57.4. The SMILES string of the molecule is c1ccc(-c2cc(-c3ccccc3)nc(-c3cccc(-c4ccc(-n5c6ccccc6c6ccccc65)cc4)c3)n2)cc1.c1ccc2c(c1)c1ccccc1n2-c1ccc(-c2nc(-c3ccc(-n4c5ccccc5c5ccccc54)cc3)nc(-c3ccc(-n4c5ccccc5c5ccccc54)cc3)n2)cc1. The van der Waals surface area contributed by atoms with E-state index < -0.39 is 0 Å². The summed E-state index contributed by atoms with van der Waals surface area (Å²) in [4.78, 5) is 25.6. The highest BCUT2D eigenvalue weighted by molar-refractivity contribution is 6.12. The van der Waals surface area contributed by atoms with Crippen LogP contribution < -0.4 is 0 Å². The Morgan fingerprint density at radius 3 is 0.632 bits per heavy atom. The molecule has 496 valence electrons. The number of benzene rings is 15. The average Bonchev–Trinajstić information content (AvgIpc) is 1.63. The van der Waals surface area contributed by atoms with E-state index in [1.165, 1.54) is 87.2 Å². The highest BCUT2D eigenvalue weighted by Crippen LogP contribution is 2.39. The Balaban J connectivity index is 0.000000151. The molecule has 6 heterocycles. The van der Waals surface area contributed by atoms with Crippen LogP contribution in [0.2, 0.25) is 0 Å². The van der Waals surface area contributed by atoms with Gasteiger partial charge in [-0.3, -0.25) is 0 Å². The number of rotatable bonds is 11. The molecule has 0 fully saturated rings. The summed E-state index contributed by atoms with van der Waals surface area (Å²) in [5.74, 6) is 2.55. The molecular formula is C97H63N9. The second-order valence-corrected chi connectivity index (χ2v) is 26.7. The normalized spacial score (nSPS) is 11.6. The molecule has 6 aromatic heterocycles. The molecule has 0 unspecified atom stereocenters. The van der Waals surface area contributed by atoms with Crippen molar-refractivity contribution < 1.29 is 0 Å². The second kappa shape index (κ2) is 25.9. The monoisotopic (exact) mass is 1350 g/mol. The van der Waals surface area contributed by atoms with Crippen LogP contribution in [0.15, 0.2) is 382 Å². The molecule has 0 aliphatic carbocycles. The molecule has 0 amide bonds. The van der Waals surface area contributed by atoms with E-state index in [0.29, 0.717) is 23.3 Å². The van der Waals surface area contributed by atoms with Crippen LogP contribution in [-0.2, 0) is 0 Å². The van der Waals surface area contributed by atoms with Crippen LogP contribution in [0.25, 0.3) is 189 Å². The molecule has 9 nitrogen and oxygen atoms in total. The van der Waals surface area contributed by atoms with Crippen LogP contribution in [-0.4, -0.2) is 43.2 Å². The molecule has 0 saturated heterocycles. The molecule has 0 bridgehead atoms. The van der Waals surface area contributed by atoms with E-state index in [-0.39, 0.29) is 0 Å². The third-order valence-corrected chi connectivity index (χ3v) is 20.6. The van der Waals surface area contributed by atoms with Gasteiger partial charge in [0.15, 0.2) is 23.3 Å².